The third-order valence-electron chi connectivity index (χ3n) is 9.91. The number of anilines is 3. The van der Waals surface area contributed by atoms with E-state index in [1.807, 2.05) is 22.7 Å². The zero-order valence-electron chi connectivity index (χ0n) is 27.7. The van der Waals surface area contributed by atoms with E-state index < -0.39 is 0 Å². The van der Waals surface area contributed by atoms with Gasteiger partial charge >= 0.3 is 0 Å². The summed E-state index contributed by atoms with van der Waals surface area (Å²) in [5.74, 6) is 0. The molecule has 0 saturated heterocycles. The standard InChI is InChI=1S/C48H31NS2/c1-2-8-32(9-3-1)33-14-22-38(23-15-33)49(39-24-16-34(17-25-39)36-20-28-43-41-10-4-6-12-45(41)50-47(43)30-36)40-26-18-35(19-27-40)37-21-29-44-42-11-5-7-13-46(42)51-48(44)31-37/h1-31H. The molecule has 10 rings (SSSR count). The first kappa shape index (κ1) is 29.9. The van der Waals surface area contributed by atoms with Crippen molar-refractivity contribution in [1.82, 2.24) is 0 Å². The third-order valence-corrected chi connectivity index (χ3v) is 12.2. The van der Waals surface area contributed by atoms with Gasteiger partial charge in [-0.2, -0.15) is 0 Å². The van der Waals surface area contributed by atoms with Gasteiger partial charge in [-0.15, -0.1) is 22.7 Å². The fraction of sp³-hybridized carbons (Fsp3) is 0. The van der Waals surface area contributed by atoms with Gasteiger partial charge in [-0.3, -0.25) is 0 Å². The Morgan fingerprint density at radius 1 is 0.255 bits per heavy atom. The van der Waals surface area contributed by atoms with Crippen molar-refractivity contribution in [1.29, 1.82) is 0 Å². The lowest BCUT2D eigenvalue weighted by atomic mass is 10.0. The maximum atomic E-state index is 2.35. The molecule has 0 spiro atoms. The van der Waals surface area contributed by atoms with Crippen molar-refractivity contribution in [2.45, 2.75) is 0 Å². The largest absolute Gasteiger partial charge is 0.311 e. The van der Waals surface area contributed by atoms with Crippen LogP contribution in [-0.2, 0) is 0 Å². The summed E-state index contributed by atoms with van der Waals surface area (Å²) in [5, 5.41) is 5.32. The van der Waals surface area contributed by atoms with Crippen LogP contribution in [0.25, 0.3) is 73.7 Å². The molecular formula is C48H31NS2. The van der Waals surface area contributed by atoms with E-state index in [-0.39, 0.29) is 0 Å². The maximum absolute atomic E-state index is 2.35. The summed E-state index contributed by atoms with van der Waals surface area (Å²) in [5.41, 5.74) is 10.7. The van der Waals surface area contributed by atoms with E-state index in [1.165, 1.54) is 73.7 Å². The Balaban J connectivity index is 1.01. The number of hydrogen-bond donors (Lipinski definition) is 0. The van der Waals surface area contributed by atoms with Crippen LogP contribution in [0, 0.1) is 0 Å². The van der Waals surface area contributed by atoms with Crippen LogP contribution in [0.3, 0.4) is 0 Å². The molecule has 0 fully saturated rings. The first-order chi connectivity index (χ1) is 25.2. The van der Waals surface area contributed by atoms with Crippen molar-refractivity contribution in [3.63, 3.8) is 0 Å². The molecule has 240 valence electrons. The molecule has 8 aromatic carbocycles. The molecule has 10 aromatic rings. The Morgan fingerprint density at radius 2 is 0.588 bits per heavy atom. The molecule has 0 bridgehead atoms. The fourth-order valence-corrected chi connectivity index (χ4v) is 9.59. The molecular weight excluding hydrogens is 655 g/mol. The monoisotopic (exact) mass is 685 g/mol. The number of nitrogens with zero attached hydrogens (tertiary/aromatic N) is 1. The van der Waals surface area contributed by atoms with E-state index in [0.717, 1.165) is 17.1 Å². The van der Waals surface area contributed by atoms with Gasteiger partial charge in [0.05, 0.1) is 0 Å². The molecule has 0 unspecified atom stereocenters. The minimum atomic E-state index is 1.12. The summed E-state index contributed by atoms with van der Waals surface area (Å²) in [4.78, 5) is 2.35. The van der Waals surface area contributed by atoms with Crippen LogP contribution in [0.4, 0.5) is 17.1 Å². The van der Waals surface area contributed by atoms with Gasteiger partial charge in [-0.25, -0.2) is 0 Å². The van der Waals surface area contributed by atoms with E-state index in [2.05, 4.69) is 193 Å². The van der Waals surface area contributed by atoms with Crippen molar-refractivity contribution in [3.8, 4) is 33.4 Å². The summed E-state index contributed by atoms with van der Waals surface area (Å²) in [6.07, 6.45) is 0. The quantitative estimate of drug-likeness (QED) is 0.168. The molecule has 0 saturated carbocycles. The number of rotatable bonds is 6. The highest BCUT2D eigenvalue weighted by Gasteiger charge is 2.15. The lowest BCUT2D eigenvalue weighted by Crippen LogP contribution is -2.09. The minimum Gasteiger partial charge on any atom is -0.311 e. The number of fused-ring (bicyclic) bond motifs is 6. The van der Waals surface area contributed by atoms with E-state index in [1.54, 1.807) is 0 Å². The van der Waals surface area contributed by atoms with Crippen molar-refractivity contribution in [3.05, 3.63) is 188 Å². The van der Waals surface area contributed by atoms with Crippen LogP contribution in [0.1, 0.15) is 0 Å². The average molecular weight is 686 g/mol. The van der Waals surface area contributed by atoms with Crippen LogP contribution in [0.2, 0.25) is 0 Å². The second-order valence-corrected chi connectivity index (χ2v) is 15.1. The van der Waals surface area contributed by atoms with Crippen LogP contribution in [0.5, 0.6) is 0 Å². The summed E-state index contributed by atoms with van der Waals surface area (Å²) in [6, 6.07) is 68.6. The summed E-state index contributed by atoms with van der Waals surface area (Å²) >= 11 is 3.73. The second-order valence-electron chi connectivity index (χ2n) is 13.0. The third kappa shape index (κ3) is 5.39. The Bertz CT molecular complexity index is 2670. The van der Waals surface area contributed by atoms with Gasteiger partial charge in [-0.05, 0) is 94.0 Å². The Morgan fingerprint density at radius 3 is 1.04 bits per heavy atom. The maximum Gasteiger partial charge on any atom is 0.0462 e. The summed E-state index contributed by atoms with van der Waals surface area (Å²) in [7, 11) is 0. The van der Waals surface area contributed by atoms with E-state index in [4.69, 9.17) is 0 Å². The molecule has 0 aliphatic carbocycles. The van der Waals surface area contributed by atoms with Gasteiger partial charge in [0.25, 0.3) is 0 Å². The minimum absolute atomic E-state index is 1.12. The normalized spacial score (nSPS) is 11.5. The lowest BCUT2D eigenvalue weighted by molar-refractivity contribution is 1.28. The molecule has 3 heteroatoms. The van der Waals surface area contributed by atoms with E-state index >= 15 is 0 Å². The molecule has 0 N–H and O–H groups in total. The van der Waals surface area contributed by atoms with Crippen LogP contribution < -0.4 is 4.90 Å². The van der Waals surface area contributed by atoms with Crippen molar-refractivity contribution in [2.75, 3.05) is 4.90 Å². The Hall–Kier alpha value is -6.00. The number of thiophene rings is 2. The highest BCUT2D eigenvalue weighted by atomic mass is 32.1. The Kier molecular flexibility index (Phi) is 7.26. The van der Waals surface area contributed by atoms with Gasteiger partial charge in [0, 0.05) is 57.4 Å². The fourth-order valence-electron chi connectivity index (χ4n) is 7.30. The first-order valence-corrected chi connectivity index (χ1v) is 18.9. The first-order valence-electron chi connectivity index (χ1n) is 17.2. The molecule has 2 aromatic heterocycles. The average Bonchev–Trinajstić information content (AvgIpc) is 3.77. The van der Waals surface area contributed by atoms with E-state index in [9.17, 15) is 0 Å². The van der Waals surface area contributed by atoms with E-state index in [0.29, 0.717) is 0 Å². The van der Waals surface area contributed by atoms with Crippen LogP contribution in [-0.4, -0.2) is 0 Å². The molecule has 0 atom stereocenters. The molecule has 0 aliphatic rings. The van der Waals surface area contributed by atoms with Gasteiger partial charge in [-0.1, -0.05) is 127 Å². The van der Waals surface area contributed by atoms with Gasteiger partial charge in [0.15, 0.2) is 0 Å². The molecule has 1 nitrogen and oxygen atoms in total. The zero-order valence-corrected chi connectivity index (χ0v) is 29.3. The summed E-state index contributed by atoms with van der Waals surface area (Å²) < 4.78 is 5.31. The smallest absolute Gasteiger partial charge is 0.0462 e. The van der Waals surface area contributed by atoms with Crippen molar-refractivity contribution < 1.29 is 0 Å². The topological polar surface area (TPSA) is 3.24 Å². The number of hydrogen-bond acceptors (Lipinski definition) is 3. The molecule has 2 heterocycles. The second kappa shape index (κ2) is 12.4. The number of benzene rings is 8. The predicted octanol–water partition coefficient (Wildman–Crippen LogP) is 14.9. The molecule has 0 aliphatic heterocycles. The molecule has 0 radical (unpaired) electrons. The van der Waals surface area contributed by atoms with Crippen molar-refractivity contribution >= 4 is 80.1 Å². The van der Waals surface area contributed by atoms with Crippen molar-refractivity contribution in [2.24, 2.45) is 0 Å². The lowest BCUT2D eigenvalue weighted by Gasteiger charge is -2.26. The van der Waals surface area contributed by atoms with Crippen LogP contribution in [0.15, 0.2) is 188 Å². The van der Waals surface area contributed by atoms with Gasteiger partial charge in [0.1, 0.15) is 0 Å². The summed E-state index contributed by atoms with van der Waals surface area (Å²) in [6.45, 7) is 0. The van der Waals surface area contributed by atoms with Gasteiger partial charge in [0.2, 0.25) is 0 Å². The highest BCUT2D eigenvalue weighted by Crippen LogP contribution is 2.41. The van der Waals surface area contributed by atoms with Gasteiger partial charge < -0.3 is 4.90 Å². The molecule has 0 amide bonds. The Labute approximate surface area is 304 Å². The highest BCUT2D eigenvalue weighted by molar-refractivity contribution is 7.26. The predicted molar refractivity (Wildman–Crippen MR) is 223 cm³/mol. The van der Waals surface area contributed by atoms with Crippen LogP contribution >= 0.6 is 22.7 Å². The zero-order chi connectivity index (χ0) is 33.7. The molecule has 51 heavy (non-hydrogen) atoms. The SMILES string of the molecule is c1ccc(-c2ccc(N(c3ccc(-c4ccc5c(c4)sc4ccccc45)cc3)c3ccc(-c4ccc5c(c4)sc4ccccc45)cc3)cc2)cc1.